The average Bonchev–Trinajstić information content (AvgIpc) is 3.38. The summed E-state index contributed by atoms with van der Waals surface area (Å²) in [6.45, 7) is 8.87. The van der Waals surface area contributed by atoms with Crippen molar-refractivity contribution in [1.29, 1.82) is 0 Å². The second kappa shape index (κ2) is 14.3. The number of esters is 1. The smallest absolute Gasteiger partial charge is 0.410 e. The van der Waals surface area contributed by atoms with Gasteiger partial charge in [0.25, 0.3) is 5.91 Å². The van der Waals surface area contributed by atoms with E-state index in [4.69, 9.17) is 46.9 Å². The van der Waals surface area contributed by atoms with Gasteiger partial charge < -0.3 is 43.3 Å². The Kier molecular flexibility index (Phi) is 9.80. The first-order chi connectivity index (χ1) is 26.2. The lowest BCUT2D eigenvalue weighted by Gasteiger charge is -2.54. The number of anilines is 2. The van der Waals surface area contributed by atoms with Gasteiger partial charge in [-0.25, -0.2) is 14.0 Å². The number of para-hydroxylation sites is 1. The number of benzene rings is 3. The van der Waals surface area contributed by atoms with E-state index in [0.717, 1.165) is 18.5 Å². The Labute approximate surface area is 328 Å². The fraction of sp³-hybridized carbons (Fsp3) is 0.475. The Balaban J connectivity index is 0.993. The number of ether oxygens (including phenoxy) is 5. The van der Waals surface area contributed by atoms with Gasteiger partial charge in [-0.05, 0) is 57.9 Å². The quantitative estimate of drug-likeness (QED) is 0.257. The van der Waals surface area contributed by atoms with Crippen LogP contribution in [0.2, 0.25) is 10.0 Å². The van der Waals surface area contributed by atoms with Crippen LogP contribution >= 0.6 is 23.2 Å². The normalized spacial score (nSPS) is 21.5. The topological polar surface area (TPSA) is 110 Å². The van der Waals surface area contributed by atoms with Gasteiger partial charge in [-0.2, -0.15) is 0 Å². The van der Waals surface area contributed by atoms with E-state index in [9.17, 15) is 14.4 Å². The monoisotopic (exact) mass is 796 g/mol. The minimum Gasteiger partial charge on any atom is -0.472 e. The van der Waals surface area contributed by atoms with Gasteiger partial charge in [0.15, 0.2) is 6.73 Å². The number of carbonyl (C=O) groups is 3. The molecule has 2 atom stereocenters. The largest absolute Gasteiger partial charge is 0.472 e. The first kappa shape index (κ1) is 37.6. The predicted molar refractivity (Wildman–Crippen MR) is 204 cm³/mol. The number of nitrogens with zero attached hydrogens (tertiary/aromatic N) is 4. The molecule has 55 heavy (non-hydrogen) atoms. The standard InChI is InChI=1S/C40H43Cl2FN4O8/c1-39(2,3)55-38(50)44-10-11-54-40(19-44)20-46(21-40)26-12-30(41)34(31(42)13-26)36(48)45-16-23-6-5-7-27(35(23)53-22-45)28-15-33(29(14-32(28)43)37(49)51-4)47-24-8-9-25(47)18-52-17-24/h5-7,12-15,24-25H,8-11,16-22H2,1-4H3. The second-order valence-corrected chi connectivity index (χ2v) is 16.6. The molecule has 3 aromatic rings. The van der Waals surface area contributed by atoms with E-state index in [1.165, 1.54) is 18.1 Å². The van der Waals surface area contributed by atoms with Crippen LogP contribution in [0.1, 0.15) is 59.9 Å². The second-order valence-electron chi connectivity index (χ2n) is 15.8. The molecule has 4 saturated heterocycles. The van der Waals surface area contributed by atoms with Gasteiger partial charge in [-0.1, -0.05) is 41.4 Å². The Morgan fingerprint density at radius 1 is 0.945 bits per heavy atom. The van der Waals surface area contributed by atoms with Crippen LogP contribution in [-0.2, 0) is 25.5 Å². The number of hydrogen-bond donors (Lipinski definition) is 0. The third-order valence-electron chi connectivity index (χ3n) is 10.9. The lowest BCUT2D eigenvalue weighted by molar-refractivity contribution is -0.121. The van der Waals surface area contributed by atoms with Crippen molar-refractivity contribution in [3.8, 4) is 16.9 Å². The number of methoxy groups -OCH3 is 1. The van der Waals surface area contributed by atoms with Crippen molar-refractivity contribution in [2.24, 2.45) is 0 Å². The maximum atomic E-state index is 16.0. The summed E-state index contributed by atoms with van der Waals surface area (Å²) in [4.78, 5) is 46.9. The molecular formula is C40H43Cl2FN4O8. The van der Waals surface area contributed by atoms with Crippen molar-refractivity contribution >= 4 is 52.5 Å². The molecule has 8 rings (SSSR count). The van der Waals surface area contributed by atoms with E-state index in [-0.39, 0.29) is 58.2 Å². The number of amides is 2. The molecule has 4 fully saturated rings. The minimum absolute atomic E-state index is 0.0684. The fourth-order valence-electron chi connectivity index (χ4n) is 8.35. The third-order valence-corrected chi connectivity index (χ3v) is 11.5. The molecule has 0 radical (unpaired) electrons. The lowest BCUT2D eigenvalue weighted by atomic mass is 9.91. The van der Waals surface area contributed by atoms with Crippen LogP contribution in [0.15, 0.2) is 42.5 Å². The lowest BCUT2D eigenvalue weighted by Crippen LogP contribution is -2.71. The Morgan fingerprint density at radius 2 is 1.65 bits per heavy atom. The van der Waals surface area contributed by atoms with E-state index >= 15 is 4.39 Å². The van der Waals surface area contributed by atoms with Crippen LogP contribution in [-0.4, -0.2) is 111 Å². The molecule has 12 nitrogen and oxygen atoms in total. The van der Waals surface area contributed by atoms with Crippen molar-refractivity contribution in [3.63, 3.8) is 0 Å². The zero-order chi connectivity index (χ0) is 38.8. The minimum atomic E-state index is -0.615. The van der Waals surface area contributed by atoms with E-state index in [1.807, 2.05) is 31.7 Å². The number of fused-ring (bicyclic) bond motifs is 3. The summed E-state index contributed by atoms with van der Waals surface area (Å²) in [6.07, 6.45) is 1.45. The molecule has 5 aliphatic rings. The summed E-state index contributed by atoms with van der Waals surface area (Å²) in [5, 5.41) is 0.371. The molecular weight excluding hydrogens is 754 g/mol. The highest BCUT2D eigenvalue weighted by atomic mass is 35.5. The van der Waals surface area contributed by atoms with Gasteiger partial charge in [0.1, 0.15) is 22.8 Å². The van der Waals surface area contributed by atoms with Gasteiger partial charge in [0, 0.05) is 28.9 Å². The molecule has 1 spiro atoms. The van der Waals surface area contributed by atoms with Gasteiger partial charge in [-0.15, -0.1) is 0 Å². The Hall–Kier alpha value is -4.30. The average molecular weight is 798 g/mol. The molecule has 2 bridgehead atoms. The summed E-state index contributed by atoms with van der Waals surface area (Å²) in [7, 11) is 1.28. The zero-order valence-corrected chi connectivity index (χ0v) is 32.7. The van der Waals surface area contributed by atoms with Gasteiger partial charge in [0.05, 0.1) is 92.1 Å². The predicted octanol–water partition coefficient (Wildman–Crippen LogP) is 6.77. The number of morpholine rings is 2. The van der Waals surface area contributed by atoms with Crippen LogP contribution < -0.4 is 14.5 Å². The molecule has 3 aromatic carbocycles. The number of carbonyl (C=O) groups excluding carboxylic acids is 3. The molecule has 0 aromatic heterocycles. The molecule has 5 aliphatic heterocycles. The highest BCUT2D eigenvalue weighted by Gasteiger charge is 2.49. The SMILES string of the molecule is COC(=O)c1cc(F)c(-c2cccc3c2OCN(C(=O)c2c(Cl)cc(N4CC5(CN(C(=O)OC(C)(C)C)CCO5)C4)cc2Cl)C3)cc1N1C2CCC1COC2. The van der Waals surface area contributed by atoms with Gasteiger partial charge >= 0.3 is 12.1 Å². The zero-order valence-electron chi connectivity index (χ0n) is 31.2. The molecule has 0 aliphatic carbocycles. The molecule has 2 amide bonds. The number of rotatable bonds is 5. The molecule has 15 heteroatoms. The van der Waals surface area contributed by atoms with Crippen molar-refractivity contribution in [2.75, 3.05) is 69.6 Å². The van der Waals surface area contributed by atoms with Crippen molar-refractivity contribution in [2.45, 2.75) is 63.4 Å². The van der Waals surface area contributed by atoms with Crippen molar-refractivity contribution in [3.05, 3.63) is 75.0 Å². The maximum absolute atomic E-state index is 16.0. The molecule has 5 heterocycles. The summed E-state index contributed by atoms with van der Waals surface area (Å²) in [5.41, 5.74) is 1.93. The van der Waals surface area contributed by atoms with Crippen LogP contribution in [0, 0.1) is 5.82 Å². The molecule has 0 N–H and O–H groups in total. The highest BCUT2D eigenvalue weighted by molar-refractivity contribution is 6.40. The van der Waals surface area contributed by atoms with Gasteiger partial charge in [-0.3, -0.25) is 4.79 Å². The Morgan fingerprint density at radius 3 is 2.33 bits per heavy atom. The summed E-state index contributed by atoms with van der Waals surface area (Å²) in [5.74, 6) is -1.18. The van der Waals surface area contributed by atoms with E-state index in [1.54, 1.807) is 35.2 Å². The maximum Gasteiger partial charge on any atom is 0.410 e. The van der Waals surface area contributed by atoms with Crippen molar-refractivity contribution in [1.82, 2.24) is 9.80 Å². The summed E-state index contributed by atoms with van der Waals surface area (Å²) in [6, 6.07) is 11.9. The van der Waals surface area contributed by atoms with E-state index < -0.39 is 28.9 Å². The van der Waals surface area contributed by atoms with Crippen LogP contribution in [0.25, 0.3) is 11.1 Å². The number of halogens is 3. The van der Waals surface area contributed by atoms with Gasteiger partial charge in [0.2, 0.25) is 0 Å². The van der Waals surface area contributed by atoms with Crippen LogP contribution in [0.4, 0.5) is 20.6 Å². The van der Waals surface area contributed by atoms with Crippen molar-refractivity contribution < 1.29 is 42.5 Å². The first-order valence-electron chi connectivity index (χ1n) is 18.4. The summed E-state index contributed by atoms with van der Waals surface area (Å²) < 4.78 is 44.7. The summed E-state index contributed by atoms with van der Waals surface area (Å²) >= 11 is 13.5. The Bertz CT molecular complexity index is 2010. The van der Waals surface area contributed by atoms with Crippen LogP contribution in [0.5, 0.6) is 5.75 Å². The first-order valence-corrected chi connectivity index (χ1v) is 19.2. The van der Waals surface area contributed by atoms with E-state index in [0.29, 0.717) is 68.6 Å². The fourth-order valence-corrected chi connectivity index (χ4v) is 8.99. The number of hydrogen-bond acceptors (Lipinski definition) is 10. The van der Waals surface area contributed by atoms with Crippen LogP contribution in [0.3, 0.4) is 0 Å². The van der Waals surface area contributed by atoms with E-state index in [2.05, 4.69) is 4.90 Å². The molecule has 2 unspecified atom stereocenters. The highest BCUT2D eigenvalue weighted by Crippen LogP contribution is 2.44. The molecule has 0 saturated carbocycles. The molecule has 292 valence electrons. The third kappa shape index (κ3) is 7.04.